The van der Waals surface area contributed by atoms with Crippen molar-refractivity contribution in [3.8, 4) is 0 Å². The van der Waals surface area contributed by atoms with Crippen molar-refractivity contribution in [1.82, 2.24) is 10.6 Å². The molecule has 0 spiro atoms. The van der Waals surface area contributed by atoms with Crippen molar-refractivity contribution >= 4 is 23.2 Å². The minimum Gasteiger partial charge on any atom is -0.354 e. The van der Waals surface area contributed by atoms with Gasteiger partial charge in [0.15, 0.2) is 0 Å². The zero-order valence-corrected chi connectivity index (χ0v) is 15.8. The number of rotatable bonds is 8. The molecule has 1 fully saturated rings. The van der Waals surface area contributed by atoms with Crippen LogP contribution in [0.2, 0.25) is 0 Å². The highest BCUT2D eigenvalue weighted by Gasteiger charge is 2.36. The summed E-state index contributed by atoms with van der Waals surface area (Å²) in [5.41, 5.74) is 1.22. The lowest BCUT2D eigenvalue weighted by atomic mass is 9.84. The van der Waals surface area contributed by atoms with E-state index in [1.165, 1.54) is 17.7 Å². The van der Waals surface area contributed by atoms with Crippen molar-refractivity contribution in [2.45, 2.75) is 43.9 Å². The summed E-state index contributed by atoms with van der Waals surface area (Å²) in [5.74, 6) is -0.196. The number of carbonyl (C=O) groups is 2. The quantitative estimate of drug-likeness (QED) is 0.748. The second-order valence-corrected chi connectivity index (χ2v) is 7.95. The number of thiophene rings is 1. The van der Waals surface area contributed by atoms with Gasteiger partial charge in [-0.2, -0.15) is 0 Å². The molecule has 1 aliphatic rings. The number of hydrogen-bond donors (Lipinski definition) is 2. The Labute approximate surface area is 159 Å². The normalized spacial score (nSPS) is 15.5. The molecular weight excluding hydrogens is 344 g/mol. The molecule has 2 N–H and O–H groups in total. The fraction of sp³-hybridized carbons (Fsp3) is 0.429. The summed E-state index contributed by atoms with van der Waals surface area (Å²) in [6.45, 7) is 0.709. The van der Waals surface area contributed by atoms with Gasteiger partial charge in [0, 0.05) is 23.3 Å². The fourth-order valence-corrected chi connectivity index (χ4v) is 4.63. The van der Waals surface area contributed by atoms with Crippen molar-refractivity contribution in [2.24, 2.45) is 0 Å². The van der Waals surface area contributed by atoms with Crippen molar-refractivity contribution in [3.05, 3.63) is 58.3 Å². The van der Waals surface area contributed by atoms with Gasteiger partial charge in [-0.25, -0.2) is 0 Å². The fourth-order valence-electron chi connectivity index (χ4n) is 3.64. The minimum atomic E-state index is -0.110. The van der Waals surface area contributed by atoms with Gasteiger partial charge in [0.05, 0.1) is 6.54 Å². The van der Waals surface area contributed by atoms with Gasteiger partial charge in [-0.1, -0.05) is 49.2 Å². The summed E-state index contributed by atoms with van der Waals surface area (Å²) in [6.07, 6.45) is 5.76. The average molecular weight is 371 g/mol. The van der Waals surface area contributed by atoms with Crippen molar-refractivity contribution < 1.29 is 9.59 Å². The maximum absolute atomic E-state index is 12.2. The first kappa shape index (κ1) is 18.6. The van der Waals surface area contributed by atoms with Gasteiger partial charge >= 0.3 is 0 Å². The summed E-state index contributed by atoms with van der Waals surface area (Å²) in [4.78, 5) is 25.5. The Balaban J connectivity index is 1.40. The second-order valence-electron chi connectivity index (χ2n) is 7.00. The van der Waals surface area contributed by atoms with Crippen molar-refractivity contribution in [2.75, 3.05) is 13.1 Å². The van der Waals surface area contributed by atoms with Crippen LogP contribution in [-0.4, -0.2) is 24.9 Å². The van der Waals surface area contributed by atoms with E-state index in [1.54, 1.807) is 11.3 Å². The van der Waals surface area contributed by atoms with Crippen LogP contribution in [-0.2, 0) is 21.4 Å². The molecular formula is C21H26N2O2S. The first-order valence-corrected chi connectivity index (χ1v) is 10.2. The summed E-state index contributed by atoms with van der Waals surface area (Å²) in [6, 6.07) is 14.2. The first-order chi connectivity index (χ1) is 12.7. The van der Waals surface area contributed by atoms with Crippen LogP contribution in [0.5, 0.6) is 0 Å². The molecule has 0 saturated heterocycles. The van der Waals surface area contributed by atoms with E-state index >= 15 is 0 Å². The highest BCUT2D eigenvalue weighted by Crippen LogP contribution is 2.42. The van der Waals surface area contributed by atoms with Crippen LogP contribution in [0, 0.1) is 0 Å². The van der Waals surface area contributed by atoms with E-state index in [-0.39, 0.29) is 23.8 Å². The molecule has 1 saturated carbocycles. The molecule has 1 aromatic heterocycles. The molecule has 0 bridgehead atoms. The summed E-state index contributed by atoms with van der Waals surface area (Å²) < 4.78 is 0. The predicted molar refractivity (Wildman–Crippen MR) is 105 cm³/mol. The average Bonchev–Trinajstić information content (AvgIpc) is 3.36. The SMILES string of the molecule is O=C(CCc1ccccc1)NCC(=O)NCC1(c2cccs2)CCCC1. The van der Waals surface area contributed by atoms with Crippen molar-refractivity contribution in [3.63, 3.8) is 0 Å². The Morgan fingerprint density at radius 1 is 0.962 bits per heavy atom. The minimum absolute atomic E-state index is 0.0497. The third-order valence-electron chi connectivity index (χ3n) is 5.16. The summed E-state index contributed by atoms with van der Waals surface area (Å²) in [5, 5.41) is 7.86. The van der Waals surface area contributed by atoms with Crippen LogP contribution in [0.15, 0.2) is 47.8 Å². The lowest BCUT2D eigenvalue weighted by molar-refractivity contribution is -0.126. The number of aryl methyl sites for hydroxylation is 1. The number of benzene rings is 1. The highest BCUT2D eigenvalue weighted by molar-refractivity contribution is 7.10. The van der Waals surface area contributed by atoms with Crippen molar-refractivity contribution in [1.29, 1.82) is 0 Å². The lowest BCUT2D eigenvalue weighted by Crippen LogP contribution is -2.43. The van der Waals surface area contributed by atoms with E-state index in [0.717, 1.165) is 18.4 Å². The number of hydrogen-bond acceptors (Lipinski definition) is 3. The van der Waals surface area contributed by atoms with E-state index in [2.05, 4.69) is 28.1 Å². The Hall–Kier alpha value is -2.14. The monoisotopic (exact) mass is 370 g/mol. The summed E-state index contributed by atoms with van der Waals surface area (Å²) >= 11 is 1.77. The maximum Gasteiger partial charge on any atom is 0.239 e. The number of nitrogens with one attached hydrogen (secondary N) is 2. The third kappa shape index (κ3) is 4.94. The highest BCUT2D eigenvalue weighted by atomic mass is 32.1. The van der Waals surface area contributed by atoms with E-state index in [1.807, 2.05) is 30.3 Å². The third-order valence-corrected chi connectivity index (χ3v) is 6.27. The Morgan fingerprint density at radius 2 is 1.73 bits per heavy atom. The first-order valence-electron chi connectivity index (χ1n) is 9.29. The topological polar surface area (TPSA) is 58.2 Å². The molecule has 5 heteroatoms. The molecule has 0 aliphatic heterocycles. The standard InChI is InChI=1S/C21H26N2O2S/c24-19(11-10-17-7-2-1-3-8-17)22-15-20(25)23-16-21(12-4-5-13-21)18-9-6-14-26-18/h1-3,6-9,14H,4-5,10-13,15-16H2,(H,22,24)(H,23,25). The molecule has 0 atom stereocenters. The smallest absolute Gasteiger partial charge is 0.239 e. The van der Waals surface area contributed by atoms with Gasteiger partial charge in [-0.15, -0.1) is 11.3 Å². The van der Waals surface area contributed by atoms with Gasteiger partial charge < -0.3 is 10.6 Å². The molecule has 1 aliphatic carbocycles. The zero-order chi connectivity index (χ0) is 18.2. The second kappa shape index (κ2) is 8.99. The Kier molecular flexibility index (Phi) is 6.45. The van der Waals surface area contributed by atoms with Crippen LogP contribution < -0.4 is 10.6 Å². The van der Waals surface area contributed by atoms with Gasteiger partial charge in [0.25, 0.3) is 0 Å². The van der Waals surface area contributed by atoms with Crippen LogP contribution in [0.4, 0.5) is 0 Å². The van der Waals surface area contributed by atoms with Crippen LogP contribution >= 0.6 is 11.3 Å². The Morgan fingerprint density at radius 3 is 2.42 bits per heavy atom. The molecule has 1 heterocycles. The zero-order valence-electron chi connectivity index (χ0n) is 15.0. The lowest BCUT2D eigenvalue weighted by Gasteiger charge is -2.28. The van der Waals surface area contributed by atoms with E-state index in [0.29, 0.717) is 19.4 Å². The molecule has 4 nitrogen and oxygen atoms in total. The molecule has 2 amide bonds. The van der Waals surface area contributed by atoms with Crippen LogP contribution in [0.25, 0.3) is 0 Å². The number of amides is 2. The predicted octanol–water partition coefficient (Wildman–Crippen LogP) is 3.43. The van der Waals surface area contributed by atoms with Gasteiger partial charge in [-0.05, 0) is 36.3 Å². The van der Waals surface area contributed by atoms with E-state index < -0.39 is 0 Å². The molecule has 2 aromatic rings. The Bertz CT molecular complexity index is 707. The molecule has 0 radical (unpaired) electrons. The molecule has 26 heavy (non-hydrogen) atoms. The molecule has 0 unspecified atom stereocenters. The summed E-state index contributed by atoms with van der Waals surface area (Å²) in [7, 11) is 0. The largest absolute Gasteiger partial charge is 0.354 e. The molecule has 138 valence electrons. The maximum atomic E-state index is 12.2. The van der Waals surface area contributed by atoms with E-state index in [9.17, 15) is 9.59 Å². The van der Waals surface area contributed by atoms with Gasteiger partial charge in [0.1, 0.15) is 0 Å². The van der Waals surface area contributed by atoms with Crippen LogP contribution in [0.1, 0.15) is 42.5 Å². The van der Waals surface area contributed by atoms with Gasteiger partial charge in [0.2, 0.25) is 11.8 Å². The molecule has 1 aromatic carbocycles. The molecule has 3 rings (SSSR count). The van der Waals surface area contributed by atoms with Gasteiger partial charge in [-0.3, -0.25) is 9.59 Å². The number of carbonyl (C=O) groups excluding carboxylic acids is 2. The van der Waals surface area contributed by atoms with Crippen LogP contribution in [0.3, 0.4) is 0 Å². The van der Waals surface area contributed by atoms with E-state index in [4.69, 9.17) is 0 Å².